The van der Waals surface area contributed by atoms with Gasteiger partial charge < -0.3 is 18.8 Å². The molecule has 18 heavy (non-hydrogen) atoms. The predicted molar refractivity (Wildman–Crippen MR) is 65.0 cm³/mol. The van der Waals surface area contributed by atoms with Gasteiger partial charge in [0.2, 0.25) is 0 Å². The van der Waals surface area contributed by atoms with Gasteiger partial charge in [-0.2, -0.15) is 0 Å². The summed E-state index contributed by atoms with van der Waals surface area (Å²) in [6.45, 7) is 1.77. The molecule has 0 aromatic carbocycles. The zero-order valence-electron chi connectivity index (χ0n) is 11.5. The maximum absolute atomic E-state index is 12.0. The van der Waals surface area contributed by atoms with Gasteiger partial charge in [-0.15, -0.1) is 0 Å². The molecule has 1 aromatic heterocycles. The van der Waals surface area contributed by atoms with Gasteiger partial charge >= 0.3 is 5.97 Å². The number of aryl methyl sites for hydroxylation is 1. The largest absolute Gasteiger partial charge is 0.468 e. The first-order chi connectivity index (χ1) is 8.47. The molecule has 0 aliphatic carbocycles. The molecule has 1 rings (SSSR count). The number of aromatic nitrogens is 2. The van der Waals surface area contributed by atoms with Crippen LogP contribution in [0.4, 0.5) is 0 Å². The molecule has 0 bridgehead atoms. The highest BCUT2D eigenvalue weighted by Gasteiger charge is 2.41. The lowest BCUT2D eigenvalue weighted by Crippen LogP contribution is -2.38. The SMILES string of the molecule is COC(=O)C(C)(CC(OC)OC)c1cn(C)cn1. The molecule has 0 spiro atoms. The molecular formula is C12H20N2O4. The monoisotopic (exact) mass is 256 g/mol. The van der Waals surface area contributed by atoms with Gasteiger partial charge in [0.1, 0.15) is 5.41 Å². The third kappa shape index (κ3) is 2.88. The van der Waals surface area contributed by atoms with Crippen LogP contribution >= 0.6 is 0 Å². The molecule has 0 aliphatic rings. The van der Waals surface area contributed by atoms with Crippen molar-refractivity contribution in [2.45, 2.75) is 25.0 Å². The summed E-state index contributed by atoms with van der Waals surface area (Å²) in [6, 6.07) is 0. The normalized spacial score (nSPS) is 14.6. The number of hydrogen-bond acceptors (Lipinski definition) is 5. The standard InChI is InChI=1S/C12H20N2O4/c1-12(11(15)18-5,6-10(16-3)17-4)9-7-14(2)8-13-9/h7-8,10H,6H2,1-5H3. The van der Waals surface area contributed by atoms with E-state index in [1.807, 2.05) is 7.05 Å². The Balaban J connectivity index is 3.06. The fraction of sp³-hybridized carbons (Fsp3) is 0.667. The van der Waals surface area contributed by atoms with E-state index in [-0.39, 0.29) is 5.97 Å². The van der Waals surface area contributed by atoms with Crippen molar-refractivity contribution in [1.29, 1.82) is 0 Å². The number of nitrogens with zero attached hydrogens (tertiary/aromatic N) is 2. The van der Waals surface area contributed by atoms with E-state index in [1.54, 1.807) is 24.0 Å². The van der Waals surface area contributed by atoms with Gasteiger partial charge in [-0.3, -0.25) is 4.79 Å². The Hall–Kier alpha value is -1.40. The molecule has 6 nitrogen and oxygen atoms in total. The number of carbonyl (C=O) groups is 1. The quantitative estimate of drug-likeness (QED) is 0.558. The van der Waals surface area contributed by atoms with Crippen LogP contribution in [0, 0.1) is 0 Å². The molecule has 1 unspecified atom stereocenters. The van der Waals surface area contributed by atoms with Crippen LogP contribution in [0.3, 0.4) is 0 Å². The molecule has 6 heteroatoms. The van der Waals surface area contributed by atoms with Gasteiger partial charge in [0.05, 0.1) is 19.1 Å². The van der Waals surface area contributed by atoms with E-state index in [9.17, 15) is 4.79 Å². The van der Waals surface area contributed by atoms with Gasteiger partial charge in [0.25, 0.3) is 0 Å². The molecule has 0 fully saturated rings. The van der Waals surface area contributed by atoms with Crippen molar-refractivity contribution in [2.24, 2.45) is 7.05 Å². The Morgan fingerprint density at radius 1 is 1.44 bits per heavy atom. The highest BCUT2D eigenvalue weighted by molar-refractivity contribution is 5.81. The second-order valence-corrected chi connectivity index (χ2v) is 4.35. The van der Waals surface area contributed by atoms with E-state index in [4.69, 9.17) is 14.2 Å². The Morgan fingerprint density at radius 3 is 2.44 bits per heavy atom. The summed E-state index contributed by atoms with van der Waals surface area (Å²) in [5.41, 5.74) is -0.261. The third-order valence-electron chi connectivity index (χ3n) is 3.01. The summed E-state index contributed by atoms with van der Waals surface area (Å²) in [7, 11) is 6.27. The number of ether oxygens (including phenoxy) is 3. The van der Waals surface area contributed by atoms with E-state index in [2.05, 4.69) is 4.98 Å². The zero-order valence-corrected chi connectivity index (χ0v) is 11.5. The molecule has 0 N–H and O–H groups in total. The van der Waals surface area contributed by atoms with Gasteiger partial charge in [0, 0.05) is 33.9 Å². The molecule has 0 saturated heterocycles. The van der Waals surface area contributed by atoms with Crippen molar-refractivity contribution in [1.82, 2.24) is 9.55 Å². The lowest BCUT2D eigenvalue weighted by Gasteiger charge is -2.28. The Morgan fingerprint density at radius 2 is 2.06 bits per heavy atom. The van der Waals surface area contributed by atoms with E-state index in [0.29, 0.717) is 12.1 Å². The number of hydrogen-bond donors (Lipinski definition) is 0. The molecule has 0 aliphatic heterocycles. The number of carbonyl (C=O) groups excluding carboxylic acids is 1. The van der Waals surface area contributed by atoms with Crippen molar-refractivity contribution >= 4 is 5.97 Å². The number of imidazole rings is 1. The third-order valence-corrected chi connectivity index (χ3v) is 3.01. The minimum Gasteiger partial charge on any atom is -0.468 e. The fourth-order valence-corrected chi connectivity index (χ4v) is 1.81. The fourth-order valence-electron chi connectivity index (χ4n) is 1.81. The smallest absolute Gasteiger partial charge is 0.317 e. The predicted octanol–water partition coefficient (Wildman–Crippen LogP) is 0.860. The lowest BCUT2D eigenvalue weighted by atomic mass is 9.83. The highest BCUT2D eigenvalue weighted by Crippen LogP contribution is 2.30. The molecule has 0 radical (unpaired) electrons. The van der Waals surface area contributed by atoms with Crippen molar-refractivity contribution in [3.63, 3.8) is 0 Å². The second-order valence-electron chi connectivity index (χ2n) is 4.35. The average molecular weight is 256 g/mol. The van der Waals surface area contributed by atoms with Crippen molar-refractivity contribution in [2.75, 3.05) is 21.3 Å². The van der Waals surface area contributed by atoms with E-state index in [1.165, 1.54) is 21.3 Å². The Kier molecular flexibility index (Phi) is 4.86. The number of methoxy groups -OCH3 is 3. The van der Waals surface area contributed by atoms with Crippen molar-refractivity contribution in [3.8, 4) is 0 Å². The lowest BCUT2D eigenvalue weighted by molar-refractivity contribution is -0.156. The maximum Gasteiger partial charge on any atom is 0.317 e. The molecule has 1 heterocycles. The van der Waals surface area contributed by atoms with Crippen LogP contribution in [0.5, 0.6) is 0 Å². The van der Waals surface area contributed by atoms with Crippen LogP contribution in [0.15, 0.2) is 12.5 Å². The highest BCUT2D eigenvalue weighted by atomic mass is 16.7. The van der Waals surface area contributed by atoms with Gasteiger partial charge in [-0.05, 0) is 6.92 Å². The summed E-state index contributed by atoms with van der Waals surface area (Å²) in [5.74, 6) is -0.361. The molecule has 0 saturated carbocycles. The van der Waals surface area contributed by atoms with Crippen LogP contribution < -0.4 is 0 Å². The van der Waals surface area contributed by atoms with Gasteiger partial charge in [-0.25, -0.2) is 4.98 Å². The summed E-state index contributed by atoms with van der Waals surface area (Å²) >= 11 is 0. The first-order valence-electron chi connectivity index (χ1n) is 5.60. The summed E-state index contributed by atoms with van der Waals surface area (Å²) < 4.78 is 17.0. The van der Waals surface area contributed by atoms with Gasteiger partial charge in [0.15, 0.2) is 6.29 Å². The van der Waals surface area contributed by atoms with Crippen LogP contribution in [0.1, 0.15) is 19.0 Å². The number of esters is 1. The van der Waals surface area contributed by atoms with Gasteiger partial charge in [-0.1, -0.05) is 0 Å². The Bertz CT molecular complexity index is 401. The van der Waals surface area contributed by atoms with E-state index < -0.39 is 11.7 Å². The van der Waals surface area contributed by atoms with Crippen LogP contribution in [0.25, 0.3) is 0 Å². The molecule has 1 atom stereocenters. The van der Waals surface area contributed by atoms with Crippen LogP contribution in [0.2, 0.25) is 0 Å². The summed E-state index contributed by atoms with van der Waals surface area (Å²) in [4.78, 5) is 16.3. The minimum atomic E-state index is -0.896. The first kappa shape index (κ1) is 14.7. The molecule has 102 valence electrons. The van der Waals surface area contributed by atoms with Crippen molar-refractivity contribution in [3.05, 3.63) is 18.2 Å². The maximum atomic E-state index is 12.0. The first-order valence-corrected chi connectivity index (χ1v) is 5.60. The molecule has 1 aromatic rings. The van der Waals surface area contributed by atoms with E-state index >= 15 is 0 Å². The number of rotatable bonds is 6. The summed E-state index contributed by atoms with van der Waals surface area (Å²) in [6.07, 6.45) is 3.28. The van der Waals surface area contributed by atoms with Crippen LogP contribution in [-0.2, 0) is 31.5 Å². The minimum absolute atomic E-state index is 0.337. The van der Waals surface area contributed by atoms with Crippen molar-refractivity contribution < 1.29 is 19.0 Å². The molecule has 0 amide bonds. The second kappa shape index (κ2) is 5.97. The summed E-state index contributed by atoms with van der Waals surface area (Å²) in [5, 5.41) is 0. The molecular weight excluding hydrogens is 236 g/mol. The Labute approximate surface area is 107 Å². The average Bonchev–Trinajstić information content (AvgIpc) is 2.81. The zero-order chi connectivity index (χ0) is 13.8. The van der Waals surface area contributed by atoms with Crippen LogP contribution in [-0.4, -0.2) is 43.1 Å². The van der Waals surface area contributed by atoms with E-state index in [0.717, 1.165) is 0 Å². The topological polar surface area (TPSA) is 62.6 Å².